The molecule has 0 saturated carbocycles. The van der Waals surface area contributed by atoms with Crippen LogP contribution in [0.5, 0.6) is 11.5 Å². The lowest BCUT2D eigenvalue weighted by Gasteiger charge is -2.30. The first-order valence-electron chi connectivity index (χ1n) is 7.83. The monoisotopic (exact) mass is 319 g/mol. The van der Waals surface area contributed by atoms with E-state index in [2.05, 4.69) is 5.32 Å². The summed E-state index contributed by atoms with van der Waals surface area (Å²) in [5, 5.41) is 2.45. The summed E-state index contributed by atoms with van der Waals surface area (Å²) >= 11 is 0. The minimum absolute atomic E-state index is 0.0729. The van der Waals surface area contributed by atoms with Crippen LogP contribution in [0.1, 0.15) is 31.4 Å². The van der Waals surface area contributed by atoms with Gasteiger partial charge in [0, 0.05) is 12.1 Å². The largest absolute Gasteiger partial charge is 0.486 e. The number of para-hydroxylation sites is 1. The van der Waals surface area contributed by atoms with Crippen molar-refractivity contribution in [1.82, 2.24) is 10.2 Å². The van der Waals surface area contributed by atoms with E-state index in [9.17, 15) is 9.59 Å². The van der Waals surface area contributed by atoms with Crippen LogP contribution in [0.3, 0.4) is 0 Å². The smallest absolute Gasteiger partial charge is 0.312 e. The summed E-state index contributed by atoms with van der Waals surface area (Å²) in [5.41, 5.74) is 6.07. The molecule has 2 unspecified atom stereocenters. The first-order chi connectivity index (χ1) is 11.1. The predicted octanol–water partition coefficient (Wildman–Crippen LogP) is 1.18. The van der Waals surface area contributed by atoms with E-state index >= 15 is 0 Å². The Hall–Kier alpha value is -2.44. The molecule has 0 bridgehead atoms. The second-order valence-electron chi connectivity index (χ2n) is 5.79. The standard InChI is InChI=1S/C16H21N3O4/c1-10(18-16(17)21)15(20)19-7-3-5-12(19)11-4-2-6-13-14(11)23-9-8-22-13/h2,4,6,10,12H,3,5,7-9H2,1H3,(H3,17,18,21). The number of rotatable bonds is 3. The molecule has 2 aliphatic rings. The van der Waals surface area contributed by atoms with Crippen LogP contribution in [-0.4, -0.2) is 42.6 Å². The van der Waals surface area contributed by atoms with Gasteiger partial charge in [-0.2, -0.15) is 0 Å². The van der Waals surface area contributed by atoms with Gasteiger partial charge in [-0.05, 0) is 25.8 Å². The minimum Gasteiger partial charge on any atom is -0.486 e. The zero-order valence-electron chi connectivity index (χ0n) is 13.1. The Morgan fingerprint density at radius 2 is 2.13 bits per heavy atom. The van der Waals surface area contributed by atoms with Crippen LogP contribution < -0.4 is 20.5 Å². The van der Waals surface area contributed by atoms with E-state index in [-0.39, 0.29) is 11.9 Å². The van der Waals surface area contributed by atoms with E-state index in [1.54, 1.807) is 11.8 Å². The number of primary amides is 1. The molecular weight excluding hydrogens is 298 g/mol. The fourth-order valence-electron chi connectivity index (χ4n) is 3.24. The maximum absolute atomic E-state index is 12.6. The highest BCUT2D eigenvalue weighted by molar-refractivity contribution is 5.86. The van der Waals surface area contributed by atoms with Crippen LogP contribution in [0, 0.1) is 0 Å². The van der Waals surface area contributed by atoms with Crippen LogP contribution in [0.25, 0.3) is 0 Å². The molecule has 3 rings (SSSR count). The highest BCUT2D eigenvalue weighted by Gasteiger charge is 2.35. The fraction of sp³-hybridized carbons (Fsp3) is 0.500. The molecule has 1 fully saturated rings. The molecule has 124 valence electrons. The number of carbonyl (C=O) groups excluding carboxylic acids is 2. The van der Waals surface area contributed by atoms with Gasteiger partial charge < -0.3 is 25.4 Å². The second kappa shape index (κ2) is 6.36. The normalized spacial score (nSPS) is 20.9. The van der Waals surface area contributed by atoms with Gasteiger partial charge >= 0.3 is 6.03 Å². The van der Waals surface area contributed by atoms with Gasteiger partial charge in [-0.1, -0.05) is 12.1 Å². The average Bonchev–Trinajstić information content (AvgIpc) is 3.02. The fourth-order valence-corrected chi connectivity index (χ4v) is 3.24. The number of hydrogen-bond donors (Lipinski definition) is 2. The molecule has 2 heterocycles. The third kappa shape index (κ3) is 3.04. The number of fused-ring (bicyclic) bond motifs is 1. The maximum atomic E-state index is 12.6. The Kier molecular flexibility index (Phi) is 4.27. The van der Waals surface area contributed by atoms with Crippen molar-refractivity contribution < 1.29 is 19.1 Å². The molecule has 1 aromatic carbocycles. The van der Waals surface area contributed by atoms with Gasteiger partial charge in [-0.3, -0.25) is 4.79 Å². The van der Waals surface area contributed by atoms with Gasteiger partial charge in [-0.25, -0.2) is 4.79 Å². The van der Waals surface area contributed by atoms with Crippen LogP contribution in [0.15, 0.2) is 18.2 Å². The molecule has 0 spiro atoms. The van der Waals surface area contributed by atoms with Gasteiger partial charge in [0.25, 0.3) is 0 Å². The van der Waals surface area contributed by atoms with E-state index in [0.717, 1.165) is 29.9 Å². The molecule has 0 aliphatic carbocycles. The third-order valence-electron chi connectivity index (χ3n) is 4.22. The molecule has 2 aliphatic heterocycles. The number of benzene rings is 1. The van der Waals surface area contributed by atoms with E-state index in [0.29, 0.717) is 19.8 Å². The molecule has 3 N–H and O–H groups in total. The van der Waals surface area contributed by atoms with E-state index in [1.165, 1.54) is 0 Å². The Bertz CT molecular complexity index is 619. The van der Waals surface area contributed by atoms with Crippen molar-refractivity contribution in [1.29, 1.82) is 0 Å². The molecule has 23 heavy (non-hydrogen) atoms. The molecule has 2 atom stereocenters. The Labute approximate surface area is 134 Å². The number of hydrogen-bond acceptors (Lipinski definition) is 4. The highest BCUT2D eigenvalue weighted by Crippen LogP contribution is 2.42. The Balaban J connectivity index is 1.85. The van der Waals surface area contributed by atoms with E-state index in [1.807, 2.05) is 18.2 Å². The number of nitrogens with one attached hydrogen (secondary N) is 1. The van der Waals surface area contributed by atoms with Crippen molar-refractivity contribution >= 4 is 11.9 Å². The second-order valence-corrected chi connectivity index (χ2v) is 5.79. The molecule has 7 nitrogen and oxygen atoms in total. The van der Waals surface area contributed by atoms with Crippen LogP contribution in [-0.2, 0) is 4.79 Å². The Morgan fingerprint density at radius 1 is 1.35 bits per heavy atom. The number of amides is 3. The van der Waals surface area contributed by atoms with Crippen molar-refractivity contribution in [3.63, 3.8) is 0 Å². The molecule has 1 aromatic rings. The van der Waals surface area contributed by atoms with E-state index in [4.69, 9.17) is 15.2 Å². The summed E-state index contributed by atoms with van der Waals surface area (Å²) in [6, 6.07) is 4.33. The number of urea groups is 1. The lowest BCUT2D eigenvalue weighted by atomic mass is 10.0. The molecule has 1 saturated heterocycles. The Morgan fingerprint density at radius 3 is 2.91 bits per heavy atom. The summed E-state index contributed by atoms with van der Waals surface area (Å²) in [7, 11) is 0. The third-order valence-corrected chi connectivity index (χ3v) is 4.22. The molecule has 0 aromatic heterocycles. The minimum atomic E-state index is -0.699. The first-order valence-corrected chi connectivity index (χ1v) is 7.83. The van der Waals surface area contributed by atoms with Crippen molar-refractivity contribution in [3.05, 3.63) is 23.8 Å². The molecule has 7 heteroatoms. The number of nitrogens with zero attached hydrogens (tertiary/aromatic N) is 1. The molecule has 3 amide bonds. The summed E-state index contributed by atoms with van der Waals surface area (Å²) in [4.78, 5) is 25.4. The summed E-state index contributed by atoms with van der Waals surface area (Å²) in [6.45, 7) is 3.33. The highest BCUT2D eigenvalue weighted by atomic mass is 16.6. The summed E-state index contributed by atoms with van der Waals surface area (Å²) in [6.07, 6.45) is 1.76. The number of nitrogens with two attached hydrogens (primary N) is 1. The number of carbonyl (C=O) groups is 2. The number of likely N-dealkylation sites (tertiary alicyclic amines) is 1. The zero-order valence-corrected chi connectivity index (χ0v) is 13.1. The van der Waals surface area contributed by atoms with Crippen molar-refractivity contribution in [3.8, 4) is 11.5 Å². The van der Waals surface area contributed by atoms with Crippen LogP contribution in [0.4, 0.5) is 4.79 Å². The van der Waals surface area contributed by atoms with Crippen molar-refractivity contribution in [2.75, 3.05) is 19.8 Å². The lowest BCUT2D eigenvalue weighted by molar-refractivity contribution is -0.133. The zero-order chi connectivity index (χ0) is 16.4. The summed E-state index contributed by atoms with van der Waals surface area (Å²) in [5.74, 6) is 1.30. The van der Waals surface area contributed by atoms with Gasteiger partial charge in [0.1, 0.15) is 19.3 Å². The van der Waals surface area contributed by atoms with Crippen molar-refractivity contribution in [2.24, 2.45) is 5.73 Å². The number of ether oxygens (including phenoxy) is 2. The van der Waals surface area contributed by atoms with Gasteiger partial charge in [0.15, 0.2) is 11.5 Å². The van der Waals surface area contributed by atoms with Crippen LogP contribution in [0.2, 0.25) is 0 Å². The first kappa shape index (κ1) is 15.5. The SMILES string of the molecule is CC(NC(N)=O)C(=O)N1CCCC1c1cccc2c1OCCO2. The average molecular weight is 319 g/mol. The van der Waals surface area contributed by atoms with Crippen LogP contribution >= 0.6 is 0 Å². The topological polar surface area (TPSA) is 93.9 Å². The van der Waals surface area contributed by atoms with Gasteiger partial charge in [0.2, 0.25) is 5.91 Å². The molecular formula is C16H21N3O4. The lowest BCUT2D eigenvalue weighted by Crippen LogP contribution is -2.48. The van der Waals surface area contributed by atoms with Crippen molar-refractivity contribution in [2.45, 2.75) is 31.8 Å². The summed E-state index contributed by atoms with van der Waals surface area (Å²) < 4.78 is 11.4. The quantitative estimate of drug-likeness (QED) is 0.874. The maximum Gasteiger partial charge on any atom is 0.312 e. The molecule has 0 radical (unpaired) electrons. The predicted molar refractivity (Wildman–Crippen MR) is 83.3 cm³/mol. The van der Waals surface area contributed by atoms with E-state index < -0.39 is 12.1 Å². The van der Waals surface area contributed by atoms with Gasteiger partial charge in [0.05, 0.1) is 6.04 Å². The van der Waals surface area contributed by atoms with Gasteiger partial charge in [-0.15, -0.1) is 0 Å².